The van der Waals surface area contributed by atoms with Crippen LogP contribution < -0.4 is 0 Å². The van der Waals surface area contributed by atoms with E-state index in [9.17, 15) is 4.79 Å². The number of carbonyl (C=O) groups is 1. The van der Waals surface area contributed by atoms with Gasteiger partial charge < -0.3 is 9.47 Å². The predicted octanol–water partition coefficient (Wildman–Crippen LogP) is 3.30. The van der Waals surface area contributed by atoms with Gasteiger partial charge in [0.15, 0.2) is 0 Å². The summed E-state index contributed by atoms with van der Waals surface area (Å²) in [4.78, 5) is 14.3. The van der Waals surface area contributed by atoms with Crippen molar-refractivity contribution >= 4 is 6.09 Å². The highest BCUT2D eigenvalue weighted by Gasteiger charge is 2.38. The SMILES string of the molecule is C=C(C)C1=CC2COCC(C1)N2C(=O)OCc1ccccc1. The lowest BCUT2D eigenvalue weighted by Gasteiger charge is -2.43. The minimum atomic E-state index is -0.265. The highest BCUT2D eigenvalue weighted by molar-refractivity contribution is 5.70. The van der Waals surface area contributed by atoms with Gasteiger partial charge in [0.05, 0.1) is 25.3 Å². The van der Waals surface area contributed by atoms with Gasteiger partial charge in [-0.25, -0.2) is 4.79 Å². The van der Waals surface area contributed by atoms with Gasteiger partial charge in [-0.1, -0.05) is 48.6 Å². The maximum absolute atomic E-state index is 12.5. The third kappa shape index (κ3) is 3.07. The van der Waals surface area contributed by atoms with Crippen molar-refractivity contribution in [3.63, 3.8) is 0 Å². The van der Waals surface area contributed by atoms with Crippen LogP contribution in [0.25, 0.3) is 0 Å². The topological polar surface area (TPSA) is 38.8 Å². The van der Waals surface area contributed by atoms with E-state index >= 15 is 0 Å². The van der Waals surface area contributed by atoms with E-state index in [-0.39, 0.29) is 18.2 Å². The van der Waals surface area contributed by atoms with Crippen molar-refractivity contribution in [3.8, 4) is 0 Å². The number of carbonyl (C=O) groups excluding carboxylic acids is 1. The van der Waals surface area contributed by atoms with Crippen LogP contribution in [-0.4, -0.2) is 36.3 Å². The van der Waals surface area contributed by atoms with E-state index in [1.807, 2.05) is 42.2 Å². The molecule has 2 aliphatic heterocycles. The molecule has 2 atom stereocenters. The molecule has 0 radical (unpaired) electrons. The summed E-state index contributed by atoms with van der Waals surface area (Å²) in [7, 11) is 0. The molecule has 1 aromatic carbocycles. The first-order valence-corrected chi connectivity index (χ1v) is 7.58. The van der Waals surface area contributed by atoms with Crippen molar-refractivity contribution in [3.05, 3.63) is 59.7 Å². The fourth-order valence-corrected chi connectivity index (χ4v) is 2.99. The number of fused-ring (bicyclic) bond motifs is 2. The Morgan fingerprint density at radius 2 is 2.14 bits per heavy atom. The number of allylic oxidation sites excluding steroid dienone is 1. The molecule has 4 heteroatoms. The van der Waals surface area contributed by atoms with E-state index in [1.54, 1.807) is 0 Å². The smallest absolute Gasteiger partial charge is 0.411 e. The molecule has 0 N–H and O–H groups in total. The second kappa shape index (κ2) is 6.36. The summed E-state index contributed by atoms with van der Waals surface area (Å²) in [6.45, 7) is 7.39. The summed E-state index contributed by atoms with van der Waals surface area (Å²) in [6.07, 6.45) is 2.60. The lowest BCUT2D eigenvalue weighted by molar-refractivity contribution is -0.0368. The highest BCUT2D eigenvalue weighted by Crippen LogP contribution is 2.30. The van der Waals surface area contributed by atoms with Crippen LogP contribution >= 0.6 is 0 Å². The van der Waals surface area contributed by atoms with E-state index < -0.39 is 0 Å². The van der Waals surface area contributed by atoms with Gasteiger partial charge in [-0.15, -0.1) is 0 Å². The average Bonchev–Trinajstić information content (AvgIpc) is 2.52. The minimum absolute atomic E-state index is 0.0405. The molecule has 2 heterocycles. The molecule has 2 bridgehead atoms. The Bertz CT molecular complexity index is 594. The summed E-state index contributed by atoms with van der Waals surface area (Å²) in [5.74, 6) is 0. The maximum atomic E-state index is 12.5. The van der Waals surface area contributed by atoms with Crippen molar-refractivity contribution in [2.45, 2.75) is 32.0 Å². The Morgan fingerprint density at radius 3 is 2.82 bits per heavy atom. The number of nitrogens with zero attached hydrogens (tertiary/aromatic N) is 1. The summed E-state index contributed by atoms with van der Waals surface area (Å²) < 4.78 is 11.1. The zero-order valence-corrected chi connectivity index (χ0v) is 12.8. The first kappa shape index (κ1) is 14.9. The number of rotatable bonds is 3. The minimum Gasteiger partial charge on any atom is -0.445 e. The fraction of sp³-hybridized carbons (Fsp3) is 0.389. The molecule has 1 amide bonds. The summed E-state index contributed by atoms with van der Waals surface area (Å²) in [5.41, 5.74) is 3.28. The number of morpholine rings is 1. The molecule has 1 fully saturated rings. The largest absolute Gasteiger partial charge is 0.445 e. The number of amides is 1. The van der Waals surface area contributed by atoms with E-state index in [2.05, 4.69) is 12.7 Å². The van der Waals surface area contributed by atoms with E-state index in [4.69, 9.17) is 9.47 Å². The molecule has 2 unspecified atom stereocenters. The molecule has 116 valence electrons. The van der Waals surface area contributed by atoms with Crippen LogP contribution in [0.2, 0.25) is 0 Å². The second-order valence-electron chi connectivity index (χ2n) is 5.88. The Morgan fingerprint density at radius 1 is 1.36 bits per heavy atom. The van der Waals surface area contributed by atoms with Crippen LogP contribution in [0.5, 0.6) is 0 Å². The van der Waals surface area contributed by atoms with Crippen LogP contribution in [-0.2, 0) is 16.1 Å². The van der Waals surface area contributed by atoms with Gasteiger partial charge in [0.2, 0.25) is 0 Å². The predicted molar refractivity (Wildman–Crippen MR) is 84.4 cm³/mol. The molecular weight excluding hydrogens is 278 g/mol. The second-order valence-corrected chi connectivity index (χ2v) is 5.88. The standard InChI is InChI=1S/C18H21NO3/c1-13(2)15-8-16-11-21-12-17(9-15)19(16)18(20)22-10-14-6-4-3-5-7-14/h3-8,16-17H,1,9-12H2,2H3. The molecule has 0 aromatic heterocycles. The zero-order valence-electron chi connectivity index (χ0n) is 12.8. The lowest BCUT2D eigenvalue weighted by Crippen LogP contribution is -2.56. The van der Waals surface area contributed by atoms with Gasteiger partial charge in [-0.2, -0.15) is 0 Å². The summed E-state index contributed by atoms with van der Waals surface area (Å²) >= 11 is 0. The van der Waals surface area contributed by atoms with Crippen LogP contribution in [0, 0.1) is 0 Å². The van der Waals surface area contributed by atoms with Gasteiger partial charge >= 0.3 is 6.09 Å². The number of ether oxygens (including phenoxy) is 2. The molecule has 0 aliphatic carbocycles. The Kier molecular flexibility index (Phi) is 4.29. The third-order valence-corrected chi connectivity index (χ3v) is 4.16. The normalized spacial score (nSPS) is 23.7. The molecule has 22 heavy (non-hydrogen) atoms. The summed E-state index contributed by atoms with van der Waals surface area (Å²) in [6, 6.07) is 9.71. The summed E-state index contributed by atoms with van der Waals surface area (Å²) in [5, 5.41) is 0. The highest BCUT2D eigenvalue weighted by atomic mass is 16.6. The number of benzene rings is 1. The zero-order chi connectivity index (χ0) is 15.5. The average molecular weight is 299 g/mol. The van der Waals surface area contributed by atoms with Crippen LogP contribution in [0.1, 0.15) is 18.9 Å². The van der Waals surface area contributed by atoms with Crippen molar-refractivity contribution in [2.75, 3.05) is 13.2 Å². The van der Waals surface area contributed by atoms with Gasteiger partial charge in [0, 0.05) is 0 Å². The number of hydrogen-bond donors (Lipinski definition) is 0. The van der Waals surface area contributed by atoms with Gasteiger partial charge in [-0.05, 0) is 24.5 Å². The van der Waals surface area contributed by atoms with Crippen LogP contribution in [0.3, 0.4) is 0 Å². The Hall–Kier alpha value is -2.07. The first-order valence-electron chi connectivity index (χ1n) is 7.58. The lowest BCUT2D eigenvalue weighted by atomic mass is 9.91. The Balaban J connectivity index is 1.69. The van der Waals surface area contributed by atoms with Gasteiger partial charge in [0.25, 0.3) is 0 Å². The maximum Gasteiger partial charge on any atom is 0.411 e. The molecule has 2 aliphatic rings. The Labute approximate surface area is 131 Å². The van der Waals surface area contributed by atoms with Crippen molar-refractivity contribution in [1.29, 1.82) is 0 Å². The number of hydrogen-bond acceptors (Lipinski definition) is 3. The van der Waals surface area contributed by atoms with Gasteiger partial charge in [0.1, 0.15) is 6.61 Å². The monoisotopic (exact) mass is 299 g/mol. The van der Waals surface area contributed by atoms with Crippen LogP contribution in [0.15, 0.2) is 54.1 Å². The molecule has 0 saturated carbocycles. The molecular formula is C18H21NO3. The molecule has 4 nitrogen and oxygen atoms in total. The molecule has 3 rings (SSSR count). The van der Waals surface area contributed by atoms with Gasteiger partial charge in [-0.3, -0.25) is 4.90 Å². The van der Waals surface area contributed by atoms with Crippen molar-refractivity contribution in [2.24, 2.45) is 0 Å². The third-order valence-electron chi connectivity index (χ3n) is 4.16. The molecule has 1 saturated heterocycles. The molecule has 1 aromatic rings. The van der Waals surface area contributed by atoms with Crippen LogP contribution in [0.4, 0.5) is 4.79 Å². The van der Waals surface area contributed by atoms with Crippen molar-refractivity contribution < 1.29 is 14.3 Å². The van der Waals surface area contributed by atoms with E-state index in [1.165, 1.54) is 5.57 Å². The molecule has 0 spiro atoms. The quantitative estimate of drug-likeness (QED) is 0.859. The van der Waals surface area contributed by atoms with Crippen molar-refractivity contribution in [1.82, 2.24) is 4.90 Å². The van der Waals surface area contributed by atoms with E-state index in [0.717, 1.165) is 17.6 Å². The van der Waals surface area contributed by atoms with E-state index in [0.29, 0.717) is 19.8 Å². The fourth-order valence-electron chi connectivity index (χ4n) is 2.99. The first-order chi connectivity index (χ1) is 10.6.